The summed E-state index contributed by atoms with van der Waals surface area (Å²) in [7, 11) is 1.61. The molecule has 110 valence electrons. The number of hydrogen-bond donors (Lipinski definition) is 1. The van der Waals surface area contributed by atoms with Crippen LogP contribution in [0.25, 0.3) is 0 Å². The average molecular weight is 313 g/mol. The third-order valence-electron chi connectivity index (χ3n) is 3.31. The normalized spacial score (nSPS) is 19.4. The van der Waals surface area contributed by atoms with Gasteiger partial charge in [0.1, 0.15) is 5.75 Å². The fourth-order valence-corrected chi connectivity index (χ4v) is 3.26. The van der Waals surface area contributed by atoms with Crippen LogP contribution >= 0.6 is 23.4 Å². The zero-order valence-corrected chi connectivity index (χ0v) is 13.9. The molecule has 5 heteroatoms. The van der Waals surface area contributed by atoms with Crippen LogP contribution in [-0.2, 0) is 0 Å². The molecule has 3 nitrogen and oxygen atoms in total. The molecule has 0 fully saturated rings. The van der Waals surface area contributed by atoms with Gasteiger partial charge in [-0.05, 0) is 30.0 Å². The van der Waals surface area contributed by atoms with Gasteiger partial charge in [0.05, 0.1) is 18.2 Å². The largest absolute Gasteiger partial charge is 0.495 e. The van der Waals surface area contributed by atoms with Gasteiger partial charge in [-0.3, -0.25) is 4.99 Å². The molecule has 1 atom stereocenters. The van der Waals surface area contributed by atoms with Crippen LogP contribution in [0.5, 0.6) is 5.75 Å². The van der Waals surface area contributed by atoms with Gasteiger partial charge in [-0.25, -0.2) is 0 Å². The van der Waals surface area contributed by atoms with Gasteiger partial charge in [-0.1, -0.05) is 44.1 Å². The van der Waals surface area contributed by atoms with Gasteiger partial charge in [0.2, 0.25) is 0 Å². The lowest BCUT2D eigenvalue weighted by molar-refractivity contribution is 0.316. The first-order valence-corrected chi connectivity index (χ1v) is 8.07. The smallest absolute Gasteiger partial charge is 0.161 e. The Morgan fingerprint density at radius 3 is 2.75 bits per heavy atom. The molecule has 0 saturated heterocycles. The molecule has 1 aliphatic rings. The predicted molar refractivity (Wildman–Crippen MR) is 89.4 cm³/mol. The van der Waals surface area contributed by atoms with Crippen molar-refractivity contribution in [2.45, 2.75) is 33.2 Å². The number of methoxy groups -OCH3 is 1. The van der Waals surface area contributed by atoms with Crippen molar-refractivity contribution in [2.24, 2.45) is 10.4 Å². The lowest BCUT2D eigenvalue weighted by Crippen LogP contribution is -2.30. The van der Waals surface area contributed by atoms with Crippen molar-refractivity contribution in [1.82, 2.24) is 0 Å². The van der Waals surface area contributed by atoms with Crippen LogP contribution in [0, 0.1) is 5.41 Å². The van der Waals surface area contributed by atoms with Crippen LogP contribution in [0.3, 0.4) is 0 Å². The number of anilines is 1. The molecule has 1 heterocycles. The van der Waals surface area contributed by atoms with Crippen molar-refractivity contribution in [2.75, 3.05) is 18.2 Å². The molecule has 0 aliphatic carbocycles. The van der Waals surface area contributed by atoms with Crippen LogP contribution < -0.4 is 10.1 Å². The minimum atomic E-state index is 0.200. The molecule has 1 unspecified atom stereocenters. The third kappa shape index (κ3) is 3.83. The average Bonchev–Trinajstić information content (AvgIpc) is 2.38. The maximum absolute atomic E-state index is 6.14. The first kappa shape index (κ1) is 15.5. The number of rotatable bonds is 2. The second-order valence-electron chi connectivity index (χ2n) is 5.93. The highest BCUT2D eigenvalue weighted by Crippen LogP contribution is 2.32. The first-order chi connectivity index (χ1) is 9.40. The fraction of sp³-hybridized carbons (Fsp3) is 0.533. The molecule has 0 spiro atoms. The number of halogens is 1. The monoisotopic (exact) mass is 312 g/mol. The van der Waals surface area contributed by atoms with Crippen molar-refractivity contribution in [3.63, 3.8) is 0 Å². The Hall–Kier alpha value is -0.870. The van der Waals surface area contributed by atoms with Gasteiger partial charge in [0, 0.05) is 11.4 Å². The molecule has 2 rings (SSSR count). The molecule has 1 aromatic rings. The lowest BCUT2D eigenvalue weighted by Gasteiger charge is -2.31. The van der Waals surface area contributed by atoms with Crippen LogP contribution in [0.1, 0.15) is 27.2 Å². The molecule has 0 saturated carbocycles. The zero-order chi connectivity index (χ0) is 14.8. The summed E-state index contributed by atoms with van der Waals surface area (Å²) in [5.74, 6) is 1.78. The Kier molecular flexibility index (Phi) is 4.86. The summed E-state index contributed by atoms with van der Waals surface area (Å²) in [5, 5.41) is 4.92. The van der Waals surface area contributed by atoms with Gasteiger partial charge in [-0.15, -0.1) is 0 Å². The minimum absolute atomic E-state index is 0.200. The summed E-state index contributed by atoms with van der Waals surface area (Å²) in [6, 6.07) is 6.04. The Morgan fingerprint density at radius 2 is 2.15 bits per heavy atom. The fourth-order valence-electron chi connectivity index (χ4n) is 2.07. The molecular formula is C15H21ClN2OS. The molecule has 0 aromatic heterocycles. The van der Waals surface area contributed by atoms with E-state index in [9.17, 15) is 0 Å². The zero-order valence-electron chi connectivity index (χ0n) is 12.4. The quantitative estimate of drug-likeness (QED) is 0.861. The molecule has 0 amide bonds. The Bertz CT molecular complexity index is 511. The molecule has 0 bridgehead atoms. The van der Waals surface area contributed by atoms with E-state index in [1.807, 2.05) is 18.2 Å². The lowest BCUT2D eigenvalue weighted by atomic mass is 9.85. The van der Waals surface area contributed by atoms with E-state index in [0.29, 0.717) is 16.8 Å². The van der Waals surface area contributed by atoms with Crippen molar-refractivity contribution < 1.29 is 4.74 Å². The van der Waals surface area contributed by atoms with E-state index < -0.39 is 0 Å². The second-order valence-corrected chi connectivity index (χ2v) is 7.42. The number of nitrogens with zero attached hydrogens (tertiary/aromatic N) is 1. The predicted octanol–water partition coefficient (Wildman–Crippen LogP) is 4.67. The van der Waals surface area contributed by atoms with Crippen molar-refractivity contribution >= 4 is 34.2 Å². The number of aliphatic imine (C=N–C) groups is 1. The number of ether oxygens (including phenoxy) is 1. The molecule has 1 aliphatic heterocycles. The summed E-state index contributed by atoms with van der Waals surface area (Å²) in [4.78, 5) is 4.81. The molecular weight excluding hydrogens is 292 g/mol. The summed E-state index contributed by atoms with van der Waals surface area (Å²) in [6.07, 6.45) is 1.13. The first-order valence-electron chi connectivity index (χ1n) is 6.71. The van der Waals surface area contributed by atoms with E-state index in [0.717, 1.165) is 23.0 Å². The SMILES string of the molecule is COc1ccc(NC2=NC(C(C)(C)C)CCS2)cc1Cl. The number of amidine groups is 1. The van der Waals surface area contributed by atoms with Crippen molar-refractivity contribution in [3.05, 3.63) is 23.2 Å². The standard InChI is InChI=1S/C15H21ClN2OS/c1-15(2,3)13-7-8-20-14(18-13)17-10-5-6-12(19-4)11(16)9-10/h5-6,9,13H,7-8H2,1-4H3,(H,17,18). The maximum atomic E-state index is 6.14. The summed E-state index contributed by atoms with van der Waals surface area (Å²) < 4.78 is 5.16. The van der Waals surface area contributed by atoms with E-state index in [2.05, 4.69) is 26.1 Å². The highest BCUT2D eigenvalue weighted by Gasteiger charge is 2.27. The van der Waals surface area contributed by atoms with Gasteiger partial charge in [-0.2, -0.15) is 0 Å². The number of hydrogen-bond acceptors (Lipinski definition) is 4. The van der Waals surface area contributed by atoms with Gasteiger partial charge in [0.15, 0.2) is 5.17 Å². The van der Waals surface area contributed by atoms with Crippen LogP contribution in [0.4, 0.5) is 5.69 Å². The highest BCUT2D eigenvalue weighted by atomic mass is 35.5. The molecule has 0 radical (unpaired) electrons. The van der Waals surface area contributed by atoms with Crippen LogP contribution in [0.2, 0.25) is 5.02 Å². The summed E-state index contributed by atoms with van der Waals surface area (Å²) >= 11 is 7.90. The van der Waals surface area contributed by atoms with Gasteiger partial charge < -0.3 is 10.1 Å². The van der Waals surface area contributed by atoms with E-state index in [1.54, 1.807) is 18.9 Å². The summed E-state index contributed by atoms with van der Waals surface area (Å²) in [5.41, 5.74) is 1.14. The van der Waals surface area contributed by atoms with Crippen molar-refractivity contribution in [3.8, 4) is 5.75 Å². The highest BCUT2D eigenvalue weighted by molar-refractivity contribution is 8.14. The summed E-state index contributed by atoms with van der Waals surface area (Å²) in [6.45, 7) is 6.71. The van der Waals surface area contributed by atoms with E-state index in [-0.39, 0.29) is 5.41 Å². The molecule has 1 N–H and O–H groups in total. The van der Waals surface area contributed by atoms with Gasteiger partial charge in [0.25, 0.3) is 0 Å². The van der Waals surface area contributed by atoms with E-state index in [1.165, 1.54) is 0 Å². The number of benzene rings is 1. The van der Waals surface area contributed by atoms with E-state index in [4.69, 9.17) is 21.3 Å². The third-order valence-corrected chi connectivity index (χ3v) is 4.52. The topological polar surface area (TPSA) is 33.6 Å². The second kappa shape index (κ2) is 6.27. The molecule has 20 heavy (non-hydrogen) atoms. The van der Waals surface area contributed by atoms with E-state index >= 15 is 0 Å². The number of nitrogens with one attached hydrogen (secondary N) is 1. The maximum Gasteiger partial charge on any atom is 0.161 e. The minimum Gasteiger partial charge on any atom is -0.495 e. The Labute approximate surface area is 130 Å². The molecule has 1 aromatic carbocycles. The Balaban J connectivity index is 2.13. The Morgan fingerprint density at radius 1 is 1.40 bits per heavy atom. The van der Waals surface area contributed by atoms with Crippen LogP contribution in [-0.4, -0.2) is 24.1 Å². The van der Waals surface area contributed by atoms with Crippen LogP contribution in [0.15, 0.2) is 23.2 Å². The van der Waals surface area contributed by atoms with Crippen molar-refractivity contribution in [1.29, 1.82) is 0 Å². The number of thioether (sulfide) groups is 1. The van der Waals surface area contributed by atoms with Gasteiger partial charge >= 0.3 is 0 Å².